The Bertz CT molecular complexity index is 760. The fourth-order valence-electron chi connectivity index (χ4n) is 6.56. The molecule has 0 radical (unpaired) electrons. The van der Waals surface area contributed by atoms with Crippen LogP contribution in [0.4, 0.5) is 9.18 Å². The molecule has 0 aromatic heterocycles. The van der Waals surface area contributed by atoms with Gasteiger partial charge in [-0.05, 0) is 71.3 Å². The van der Waals surface area contributed by atoms with Gasteiger partial charge in [-0.15, -0.1) is 0 Å². The van der Waals surface area contributed by atoms with Crippen LogP contribution in [-0.4, -0.2) is 77.7 Å². The molecule has 2 unspecified atom stereocenters. The maximum Gasteiger partial charge on any atom is 0.409 e. The van der Waals surface area contributed by atoms with Gasteiger partial charge in [0.15, 0.2) is 0 Å². The van der Waals surface area contributed by atoms with Crippen molar-refractivity contribution in [1.82, 2.24) is 14.7 Å². The summed E-state index contributed by atoms with van der Waals surface area (Å²) in [7, 11) is 0. The molecule has 3 heterocycles. The monoisotopic (exact) mass is 449 g/mol. The number of carbonyl (C=O) groups is 2. The topological polar surface area (TPSA) is 53.1 Å². The van der Waals surface area contributed by atoms with E-state index in [9.17, 15) is 14.0 Å². The van der Waals surface area contributed by atoms with Crippen LogP contribution in [-0.2, 0) is 9.53 Å². The molecule has 3 atom stereocenters. The van der Waals surface area contributed by atoms with Crippen molar-refractivity contribution in [2.75, 3.05) is 32.8 Å². The van der Waals surface area contributed by atoms with Gasteiger partial charge in [0.2, 0.25) is 5.91 Å². The first-order chi connectivity index (χ1) is 15.3. The normalized spacial score (nSPS) is 32.2. The van der Waals surface area contributed by atoms with Crippen LogP contribution in [0.2, 0.25) is 0 Å². The Morgan fingerprint density at radius 3 is 2.44 bits per heavy atom. The number of allylic oxidation sites excluding steroid dienone is 1. The van der Waals surface area contributed by atoms with Crippen molar-refractivity contribution in [3.05, 3.63) is 11.3 Å². The lowest BCUT2D eigenvalue weighted by atomic mass is 9.73. The summed E-state index contributed by atoms with van der Waals surface area (Å²) in [5, 5.41) is 0. The standard InChI is InChI=1S/C25H40FN3O3/c1-5-32-24(31)28-13-6-7-18(10-16-28)27-14-11-19(12-15-27)29-21-9-8-20(26)17(2)22(21)25(3,4)23(29)30/h17-20H,5-16H2,1-4H3/t17-,18?,20?/m1/s1. The highest BCUT2D eigenvalue weighted by Gasteiger charge is 2.52. The molecular formula is C25H40FN3O3. The van der Waals surface area contributed by atoms with Crippen LogP contribution in [0.25, 0.3) is 0 Å². The summed E-state index contributed by atoms with van der Waals surface area (Å²) < 4.78 is 19.6. The number of nitrogens with zero attached hydrogens (tertiary/aromatic N) is 3. The van der Waals surface area contributed by atoms with Crippen LogP contribution in [0.1, 0.15) is 72.6 Å². The Morgan fingerprint density at radius 1 is 1.06 bits per heavy atom. The maximum atomic E-state index is 14.5. The molecule has 6 nitrogen and oxygen atoms in total. The number of hydrogen-bond acceptors (Lipinski definition) is 4. The van der Waals surface area contributed by atoms with E-state index >= 15 is 0 Å². The van der Waals surface area contributed by atoms with Crippen LogP contribution in [0, 0.1) is 11.3 Å². The lowest BCUT2D eigenvalue weighted by Gasteiger charge is -2.41. The quantitative estimate of drug-likeness (QED) is 0.643. The van der Waals surface area contributed by atoms with E-state index < -0.39 is 11.6 Å². The van der Waals surface area contributed by atoms with Gasteiger partial charge in [-0.2, -0.15) is 0 Å². The summed E-state index contributed by atoms with van der Waals surface area (Å²) in [6, 6.07) is 0.702. The number of carbonyl (C=O) groups excluding carboxylic acids is 2. The second-order valence-corrected chi connectivity index (χ2v) is 10.5. The van der Waals surface area contributed by atoms with E-state index in [4.69, 9.17) is 4.74 Å². The zero-order valence-corrected chi connectivity index (χ0v) is 20.2. The summed E-state index contributed by atoms with van der Waals surface area (Å²) in [5.41, 5.74) is 1.58. The van der Waals surface area contributed by atoms with Gasteiger partial charge in [-0.1, -0.05) is 6.92 Å². The minimum absolute atomic E-state index is 0.168. The smallest absolute Gasteiger partial charge is 0.409 e. The molecule has 0 spiro atoms. The number of rotatable bonds is 3. The molecule has 4 rings (SSSR count). The van der Waals surface area contributed by atoms with Gasteiger partial charge < -0.3 is 19.4 Å². The van der Waals surface area contributed by atoms with Gasteiger partial charge in [0.05, 0.1) is 12.0 Å². The van der Waals surface area contributed by atoms with Crippen LogP contribution < -0.4 is 0 Å². The average Bonchev–Trinajstić information content (AvgIpc) is 2.93. The van der Waals surface area contributed by atoms with Crippen molar-refractivity contribution in [1.29, 1.82) is 0 Å². The first kappa shape index (κ1) is 23.5. The minimum Gasteiger partial charge on any atom is -0.450 e. The maximum absolute atomic E-state index is 14.5. The number of likely N-dealkylation sites (tertiary alicyclic amines) is 2. The number of hydrogen-bond donors (Lipinski definition) is 0. The van der Waals surface area contributed by atoms with E-state index in [0.717, 1.165) is 69.6 Å². The molecule has 4 aliphatic rings. The highest BCUT2D eigenvalue weighted by Crippen LogP contribution is 2.51. The Hall–Kier alpha value is -1.63. The molecule has 2 fully saturated rings. The number of ether oxygens (including phenoxy) is 1. The van der Waals surface area contributed by atoms with Crippen LogP contribution >= 0.6 is 0 Å². The molecule has 3 aliphatic heterocycles. The molecule has 7 heteroatoms. The molecule has 0 bridgehead atoms. The second-order valence-electron chi connectivity index (χ2n) is 10.5. The van der Waals surface area contributed by atoms with Gasteiger partial charge in [0, 0.05) is 49.9 Å². The van der Waals surface area contributed by atoms with Gasteiger partial charge in [-0.3, -0.25) is 4.79 Å². The van der Waals surface area contributed by atoms with E-state index in [1.54, 1.807) is 0 Å². The van der Waals surface area contributed by atoms with Gasteiger partial charge in [-0.25, -0.2) is 9.18 Å². The van der Waals surface area contributed by atoms with E-state index in [1.807, 2.05) is 32.6 Å². The summed E-state index contributed by atoms with van der Waals surface area (Å²) in [6.45, 7) is 11.6. The first-order valence-electron chi connectivity index (χ1n) is 12.6. The third kappa shape index (κ3) is 4.17. The summed E-state index contributed by atoms with van der Waals surface area (Å²) in [5.74, 6) is -0.00225. The zero-order chi connectivity index (χ0) is 23.0. The van der Waals surface area contributed by atoms with E-state index in [-0.39, 0.29) is 24.0 Å². The molecule has 0 aromatic carbocycles. The minimum atomic E-state index is -0.841. The fraction of sp³-hybridized carbons (Fsp3) is 0.840. The number of halogens is 1. The van der Waals surface area contributed by atoms with Crippen molar-refractivity contribution >= 4 is 12.0 Å². The Labute approximate surface area is 192 Å². The molecule has 2 saturated heterocycles. The highest BCUT2D eigenvalue weighted by atomic mass is 19.1. The van der Waals surface area contributed by atoms with Crippen molar-refractivity contribution in [3.8, 4) is 0 Å². The number of alkyl halides is 1. The lowest BCUT2D eigenvalue weighted by Crippen LogP contribution is -2.49. The van der Waals surface area contributed by atoms with Gasteiger partial charge >= 0.3 is 6.09 Å². The van der Waals surface area contributed by atoms with Gasteiger partial charge in [0.25, 0.3) is 0 Å². The van der Waals surface area contributed by atoms with Crippen LogP contribution in [0.5, 0.6) is 0 Å². The summed E-state index contributed by atoms with van der Waals surface area (Å²) in [6.07, 6.45) is 5.18. The molecule has 1 aliphatic carbocycles. The van der Waals surface area contributed by atoms with Crippen molar-refractivity contribution in [2.24, 2.45) is 11.3 Å². The average molecular weight is 450 g/mol. The van der Waals surface area contributed by atoms with E-state index in [1.165, 1.54) is 0 Å². The number of piperidine rings is 1. The fourth-order valence-corrected chi connectivity index (χ4v) is 6.56. The molecular weight excluding hydrogens is 409 g/mol. The van der Waals surface area contributed by atoms with Crippen molar-refractivity contribution in [2.45, 2.75) is 90.9 Å². The molecule has 2 amide bonds. The third-order valence-corrected chi connectivity index (χ3v) is 8.29. The lowest BCUT2D eigenvalue weighted by molar-refractivity contribution is -0.137. The highest BCUT2D eigenvalue weighted by molar-refractivity contribution is 5.91. The molecule has 32 heavy (non-hydrogen) atoms. The molecule has 0 saturated carbocycles. The predicted octanol–water partition coefficient (Wildman–Crippen LogP) is 4.35. The largest absolute Gasteiger partial charge is 0.450 e. The predicted molar refractivity (Wildman–Crippen MR) is 122 cm³/mol. The van der Waals surface area contributed by atoms with Crippen LogP contribution in [0.3, 0.4) is 0 Å². The summed E-state index contributed by atoms with van der Waals surface area (Å²) >= 11 is 0. The number of amides is 2. The van der Waals surface area contributed by atoms with Crippen molar-refractivity contribution < 1.29 is 18.7 Å². The SMILES string of the molecule is CCOC(=O)N1CCCC(N2CCC(N3C(=O)C(C)(C)C4=C3CCC(F)[C@H]4C)CC2)CC1. The Morgan fingerprint density at radius 2 is 1.75 bits per heavy atom. The second kappa shape index (κ2) is 9.32. The van der Waals surface area contributed by atoms with Crippen molar-refractivity contribution in [3.63, 3.8) is 0 Å². The Balaban J connectivity index is 1.38. The van der Waals surface area contributed by atoms with Gasteiger partial charge in [0.1, 0.15) is 6.17 Å². The molecule has 0 aromatic rings. The Kier molecular flexibility index (Phi) is 6.85. The van der Waals surface area contributed by atoms with E-state index in [0.29, 0.717) is 25.5 Å². The molecule has 0 N–H and O–H groups in total. The zero-order valence-electron chi connectivity index (χ0n) is 20.2. The summed E-state index contributed by atoms with van der Waals surface area (Å²) in [4.78, 5) is 32.0. The van der Waals surface area contributed by atoms with E-state index in [2.05, 4.69) is 9.80 Å². The van der Waals surface area contributed by atoms with Crippen LogP contribution in [0.15, 0.2) is 11.3 Å². The third-order valence-electron chi connectivity index (χ3n) is 8.29. The first-order valence-corrected chi connectivity index (χ1v) is 12.6. The molecule has 180 valence electrons.